The second kappa shape index (κ2) is 10.7. The summed E-state index contributed by atoms with van der Waals surface area (Å²) in [6.45, 7) is 3.37. The molecule has 0 amide bonds. The topological polar surface area (TPSA) is 52.6 Å². The molecule has 0 atom stereocenters. The monoisotopic (exact) mass is 234 g/mol. The third kappa shape index (κ3) is 10.6. The van der Waals surface area contributed by atoms with Crippen LogP contribution in [0.3, 0.4) is 0 Å². The summed E-state index contributed by atoms with van der Waals surface area (Å²) in [5.74, 6) is -0.667. The molecule has 0 unspecified atom stereocenters. The van der Waals surface area contributed by atoms with E-state index < -0.39 is 0 Å². The molecule has 0 aromatic heterocycles. The number of carbonyl (C=O) groups excluding carboxylic acids is 2. The molecule has 13 heavy (non-hydrogen) atoms. The van der Waals surface area contributed by atoms with Crippen LogP contribution in [-0.2, 0) is 18.0 Å². The van der Waals surface area contributed by atoms with Crippen molar-refractivity contribution in [1.82, 2.24) is 0 Å². The minimum absolute atomic E-state index is 0. The van der Waals surface area contributed by atoms with Gasteiger partial charge < -0.3 is 8.37 Å². The van der Waals surface area contributed by atoms with Crippen molar-refractivity contribution in [2.45, 2.75) is 26.7 Å². The van der Waals surface area contributed by atoms with Crippen molar-refractivity contribution >= 4 is 63.6 Å². The summed E-state index contributed by atoms with van der Waals surface area (Å²) in [5, 5.41) is 0. The van der Waals surface area contributed by atoms with E-state index in [0.717, 1.165) is 22.1 Å². The first-order valence-corrected chi connectivity index (χ1v) is 5.44. The molecule has 0 rings (SSSR count). The molecule has 0 aliphatic heterocycles. The van der Waals surface area contributed by atoms with Gasteiger partial charge >= 0.3 is 41.5 Å². The van der Waals surface area contributed by atoms with E-state index in [1.807, 2.05) is 0 Å². The van der Waals surface area contributed by atoms with Gasteiger partial charge in [-0.1, -0.05) is 13.8 Å². The van der Waals surface area contributed by atoms with E-state index in [1.165, 1.54) is 0 Å². The Morgan fingerprint density at radius 2 is 1.31 bits per heavy atom. The zero-order valence-electron chi connectivity index (χ0n) is 6.86. The molecule has 4 nitrogen and oxygen atoms in total. The Kier molecular flexibility index (Phi) is 13.3. The van der Waals surface area contributed by atoms with Crippen molar-refractivity contribution in [2.24, 2.45) is 0 Å². The van der Waals surface area contributed by atoms with E-state index in [4.69, 9.17) is 0 Å². The molecule has 0 radical (unpaired) electrons. The normalized spacial score (nSPS) is 8.46. The number of rotatable bonds is 5. The summed E-state index contributed by atoms with van der Waals surface area (Å²) in [5.41, 5.74) is 0. The molecule has 0 fully saturated rings. The van der Waals surface area contributed by atoms with Gasteiger partial charge in [-0.15, -0.1) is 0 Å². The number of hydrogen-bond donors (Lipinski definition) is 0. The first-order valence-electron chi connectivity index (χ1n) is 3.44. The third-order valence-corrected chi connectivity index (χ3v) is 2.00. The van der Waals surface area contributed by atoms with Gasteiger partial charge in [0.1, 0.15) is 0 Å². The van der Waals surface area contributed by atoms with Gasteiger partial charge in [-0.25, -0.2) is 0 Å². The van der Waals surface area contributed by atoms with Crippen LogP contribution in [0, 0.1) is 0 Å². The van der Waals surface area contributed by atoms with E-state index in [9.17, 15) is 9.59 Å². The van der Waals surface area contributed by atoms with Gasteiger partial charge in [0.15, 0.2) is 22.1 Å². The SMILES string of the molecule is CCC(=O)OSSOC(=O)CC.[NaH]. The first-order chi connectivity index (χ1) is 5.70. The molecule has 0 aliphatic carbocycles. The van der Waals surface area contributed by atoms with Crippen molar-refractivity contribution in [3.05, 3.63) is 0 Å². The van der Waals surface area contributed by atoms with E-state index in [-0.39, 0.29) is 41.5 Å². The molecule has 7 heteroatoms. The summed E-state index contributed by atoms with van der Waals surface area (Å²) >= 11 is 1.51. The predicted octanol–water partition coefficient (Wildman–Crippen LogP) is 1.46. The van der Waals surface area contributed by atoms with Crippen molar-refractivity contribution in [3.63, 3.8) is 0 Å². The second-order valence-electron chi connectivity index (χ2n) is 1.75. The molecule has 0 aliphatic rings. The standard InChI is InChI=1S/C6H10O4S2.Na.H/c1-3-5(7)9-11-12-10-6(8)4-2;;/h3-4H2,1-2H3;;. The first kappa shape index (κ1) is 16.1. The molecule has 0 aromatic rings. The van der Waals surface area contributed by atoms with Gasteiger partial charge in [-0.2, -0.15) is 0 Å². The molecule has 0 heterocycles. The van der Waals surface area contributed by atoms with E-state index in [1.54, 1.807) is 13.8 Å². The number of carbonyl (C=O) groups is 2. The maximum atomic E-state index is 10.5. The molecule has 0 saturated carbocycles. The van der Waals surface area contributed by atoms with Crippen LogP contribution in [0.1, 0.15) is 26.7 Å². The fourth-order valence-corrected chi connectivity index (χ4v) is 1.29. The van der Waals surface area contributed by atoms with Crippen LogP contribution in [-0.4, -0.2) is 41.5 Å². The van der Waals surface area contributed by atoms with Crippen molar-refractivity contribution in [3.8, 4) is 0 Å². The zero-order valence-corrected chi connectivity index (χ0v) is 8.50. The van der Waals surface area contributed by atoms with Gasteiger partial charge in [0.2, 0.25) is 0 Å². The van der Waals surface area contributed by atoms with Crippen LogP contribution in [0.2, 0.25) is 0 Å². The Morgan fingerprint density at radius 1 is 1.00 bits per heavy atom. The molecule has 0 spiro atoms. The molecule has 72 valence electrons. The average Bonchev–Trinajstić information content (AvgIpc) is 2.11. The zero-order chi connectivity index (χ0) is 9.40. The van der Waals surface area contributed by atoms with E-state index >= 15 is 0 Å². The summed E-state index contributed by atoms with van der Waals surface area (Å²) in [6.07, 6.45) is 0.630. The van der Waals surface area contributed by atoms with Crippen LogP contribution >= 0.6 is 22.1 Å². The summed E-state index contributed by atoms with van der Waals surface area (Å²) in [6, 6.07) is 0. The van der Waals surface area contributed by atoms with Crippen LogP contribution in [0.15, 0.2) is 0 Å². The molecule has 0 aromatic carbocycles. The summed E-state index contributed by atoms with van der Waals surface area (Å²) in [4.78, 5) is 21.1. The van der Waals surface area contributed by atoms with Gasteiger partial charge in [0, 0.05) is 12.8 Å². The van der Waals surface area contributed by atoms with Gasteiger partial charge in [0.05, 0.1) is 0 Å². The Hall–Kier alpha value is 0.640. The Morgan fingerprint density at radius 3 is 1.54 bits per heavy atom. The predicted molar refractivity (Wildman–Crippen MR) is 55.1 cm³/mol. The Bertz CT molecular complexity index is 147. The van der Waals surface area contributed by atoms with Gasteiger partial charge in [-0.05, 0) is 0 Å². The molecule has 0 bridgehead atoms. The summed E-state index contributed by atoms with van der Waals surface area (Å²) in [7, 11) is 0. The van der Waals surface area contributed by atoms with E-state index in [2.05, 4.69) is 8.37 Å². The van der Waals surface area contributed by atoms with Crippen molar-refractivity contribution in [1.29, 1.82) is 0 Å². The average molecular weight is 234 g/mol. The van der Waals surface area contributed by atoms with Crippen molar-refractivity contribution in [2.75, 3.05) is 0 Å². The van der Waals surface area contributed by atoms with E-state index in [0.29, 0.717) is 12.8 Å². The maximum absolute atomic E-state index is 10.5. The van der Waals surface area contributed by atoms with Crippen LogP contribution < -0.4 is 0 Å². The fraction of sp³-hybridized carbons (Fsp3) is 0.667. The summed E-state index contributed by atoms with van der Waals surface area (Å²) < 4.78 is 9.10. The quantitative estimate of drug-likeness (QED) is 0.310. The minimum atomic E-state index is -0.333. The van der Waals surface area contributed by atoms with Crippen molar-refractivity contribution < 1.29 is 18.0 Å². The third-order valence-electron chi connectivity index (χ3n) is 0.859. The van der Waals surface area contributed by atoms with Gasteiger partial charge in [0.25, 0.3) is 0 Å². The Balaban J connectivity index is 0. The molecular weight excluding hydrogens is 223 g/mol. The Labute approximate surface area is 108 Å². The van der Waals surface area contributed by atoms with Crippen LogP contribution in [0.4, 0.5) is 0 Å². The second-order valence-corrected chi connectivity index (χ2v) is 3.18. The molecular formula is C6H11NaO4S2. The molecule has 0 saturated heterocycles. The van der Waals surface area contributed by atoms with Gasteiger partial charge in [-0.3, -0.25) is 9.59 Å². The van der Waals surface area contributed by atoms with Crippen LogP contribution in [0.5, 0.6) is 0 Å². The number of hydrogen-bond acceptors (Lipinski definition) is 6. The fourth-order valence-electron chi connectivity index (χ4n) is 0.222. The molecule has 0 N–H and O–H groups in total. The van der Waals surface area contributed by atoms with Crippen LogP contribution in [0.25, 0.3) is 0 Å².